The number of sulfone groups is 1. The maximum Gasteiger partial charge on any atom is 0.178 e. The number of hydrogen-bond acceptors (Lipinski definition) is 3. The molecule has 2 unspecified atom stereocenters. The fourth-order valence-electron chi connectivity index (χ4n) is 3.91. The molecule has 0 aromatic heterocycles. The molecular weight excluding hydrogens is 320 g/mol. The highest BCUT2D eigenvalue weighted by Gasteiger charge is 2.59. The highest BCUT2D eigenvalue weighted by atomic mass is 32.2. The molecule has 0 saturated carbocycles. The summed E-state index contributed by atoms with van der Waals surface area (Å²) < 4.78 is 32.0. The molecule has 2 aromatic rings. The maximum atomic E-state index is 12.9. The summed E-state index contributed by atoms with van der Waals surface area (Å²) in [7, 11) is -3.29. The number of ether oxygens (including phenoxy) is 1. The summed E-state index contributed by atoms with van der Waals surface area (Å²) in [5, 5.41) is 0. The topological polar surface area (TPSA) is 46.7 Å². The minimum Gasteiger partial charge on any atom is -0.356 e. The summed E-state index contributed by atoms with van der Waals surface area (Å²) in [5.41, 5.74) is 1.26. The van der Waals surface area contributed by atoms with Crippen molar-refractivity contribution < 1.29 is 13.2 Å². The summed E-state index contributed by atoms with van der Waals surface area (Å²) >= 11 is 0. The number of benzene rings is 2. The second-order valence-corrected chi connectivity index (χ2v) is 8.80. The van der Waals surface area contributed by atoms with E-state index in [-0.39, 0.29) is 11.9 Å². The van der Waals surface area contributed by atoms with E-state index in [0.717, 1.165) is 43.2 Å². The second kappa shape index (κ2) is 6.01. The van der Waals surface area contributed by atoms with Crippen molar-refractivity contribution in [2.24, 2.45) is 0 Å². The van der Waals surface area contributed by atoms with Crippen molar-refractivity contribution in [3.05, 3.63) is 65.7 Å². The molecule has 3 nitrogen and oxygen atoms in total. The van der Waals surface area contributed by atoms with Crippen molar-refractivity contribution in [2.45, 2.75) is 48.7 Å². The molecule has 2 heterocycles. The summed E-state index contributed by atoms with van der Waals surface area (Å²) in [4.78, 5) is 0.443. The smallest absolute Gasteiger partial charge is 0.178 e. The molecule has 1 fully saturated rings. The van der Waals surface area contributed by atoms with Gasteiger partial charge >= 0.3 is 0 Å². The van der Waals surface area contributed by atoms with E-state index in [9.17, 15) is 8.42 Å². The lowest BCUT2D eigenvalue weighted by Crippen LogP contribution is -2.20. The molecule has 1 saturated heterocycles. The Morgan fingerprint density at radius 3 is 2.42 bits per heavy atom. The van der Waals surface area contributed by atoms with Crippen molar-refractivity contribution in [3.8, 4) is 0 Å². The van der Waals surface area contributed by atoms with Gasteiger partial charge in [0, 0.05) is 5.56 Å². The third-order valence-corrected chi connectivity index (χ3v) is 7.03. The van der Waals surface area contributed by atoms with Gasteiger partial charge in [-0.05, 0) is 24.5 Å². The van der Waals surface area contributed by atoms with E-state index in [1.165, 1.54) is 0 Å². The third-order valence-electron chi connectivity index (χ3n) is 5.18. The van der Waals surface area contributed by atoms with Gasteiger partial charge in [-0.25, -0.2) is 8.42 Å². The first-order chi connectivity index (χ1) is 11.6. The maximum absolute atomic E-state index is 12.9. The number of fused-ring (bicyclic) bond motifs is 3. The van der Waals surface area contributed by atoms with Crippen LogP contribution in [0.4, 0.5) is 0 Å². The van der Waals surface area contributed by atoms with Crippen LogP contribution in [0.1, 0.15) is 43.2 Å². The molecule has 0 spiro atoms. The molecule has 2 aromatic carbocycles. The lowest BCUT2D eigenvalue weighted by molar-refractivity contribution is 0.318. The van der Waals surface area contributed by atoms with Gasteiger partial charge in [-0.3, -0.25) is 0 Å². The average molecular weight is 342 g/mol. The van der Waals surface area contributed by atoms with Gasteiger partial charge in [0.15, 0.2) is 9.84 Å². The fourth-order valence-corrected chi connectivity index (χ4v) is 5.56. The van der Waals surface area contributed by atoms with Gasteiger partial charge in [0.25, 0.3) is 0 Å². The van der Waals surface area contributed by atoms with Gasteiger partial charge in [0.05, 0.1) is 16.8 Å². The SMILES string of the molecule is O=S1(=O)CCCCCCC2OC2(c2ccccc2)c2ccccc21. The van der Waals surface area contributed by atoms with Crippen molar-refractivity contribution >= 4 is 9.84 Å². The van der Waals surface area contributed by atoms with Crippen LogP contribution in [0.2, 0.25) is 0 Å². The van der Waals surface area contributed by atoms with Crippen LogP contribution in [0.25, 0.3) is 0 Å². The Kier molecular flexibility index (Phi) is 3.97. The summed E-state index contributed by atoms with van der Waals surface area (Å²) in [6, 6.07) is 17.4. The molecule has 0 bridgehead atoms. The quantitative estimate of drug-likeness (QED) is 0.734. The molecule has 4 heteroatoms. The fraction of sp³-hybridized carbons (Fsp3) is 0.400. The van der Waals surface area contributed by atoms with Crippen LogP contribution in [0.5, 0.6) is 0 Å². The number of rotatable bonds is 1. The highest BCUT2D eigenvalue weighted by molar-refractivity contribution is 7.91. The van der Waals surface area contributed by atoms with E-state index >= 15 is 0 Å². The molecule has 4 rings (SSSR count). The zero-order valence-electron chi connectivity index (χ0n) is 13.6. The first kappa shape index (κ1) is 15.9. The summed E-state index contributed by atoms with van der Waals surface area (Å²) in [6.45, 7) is 0. The minimum atomic E-state index is -3.29. The largest absolute Gasteiger partial charge is 0.356 e. The molecule has 2 aliphatic rings. The number of hydrogen-bond donors (Lipinski definition) is 0. The third kappa shape index (κ3) is 2.58. The summed E-state index contributed by atoms with van der Waals surface area (Å²) in [6.07, 6.45) is 4.89. The van der Waals surface area contributed by atoms with Crippen LogP contribution >= 0.6 is 0 Å². The van der Waals surface area contributed by atoms with E-state index in [4.69, 9.17) is 4.74 Å². The molecule has 2 atom stereocenters. The Morgan fingerprint density at radius 2 is 1.58 bits per heavy atom. The Labute approximate surface area is 143 Å². The Balaban J connectivity index is 1.90. The van der Waals surface area contributed by atoms with E-state index in [1.807, 2.05) is 48.5 Å². The van der Waals surface area contributed by atoms with Crippen molar-refractivity contribution in [2.75, 3.05) is 5.75 Å². The van der Waals surface area contributed by atoms with Crippen LogP contribution in [-0.2, 0) is 20.2 Å². The first-order valence-corrected chi connectivity index (χ1v) is 10.4. The van der Waals surface area contributed by atoms with E-state index in [1.54, 1.807) is 6.07 Å². The predicted octanol–water partition coefficient (Wildman–Crippen LogP) is 4.07. The molecule has 2 aliphatic heterocycles. The van der Waals surface area contributed by atoms with E-state index in [0.29, 0.717) is 4.90 Å². The van der Waals surface area contributed by atoms with Gasteiger partial charge in [-0.1, -0.05) is 67.8 Å². The monoisotopic (exact) mass is 342 g/mol. The van der Waals surface area contributed by atoms with Gasteiger partial charge in [0.1, 0.15) is 5.60 Å². The molecule has 0 N–H and O–H groups in total. The predicted molar refractivity (Wildman–Crippen MR) is 93.7 cm³/mol. The van der Waals surface area contributed by atoms with E-state index in [2.05, 4.69) is 0 Å². The standard InChI is InChI=1S/C20H22O3S/c21-24(22)15-9-2-1-6-14-19-20(23-19,16-10-4-3-5-11-16)17-12-7-8-13-18(17)24/h3-5,7-8,10-13,19H,1-2,6,9,14-15H2. The lowest BCUT2D eigenvalue weighted by atomic mass is 9.86. The minimum absolute atomic E-state index is 0.0642. The van der Waals surface area contributed by atoms with Gasteiger partial charge in [-0.15, -0.1) is 0 Å². The highest BCUT2D eigenvalue weighted by Crippen LogP contribution is 2.55. The lowest BCUT2D eigenvalue weighted by Gasteiger charge is -2.18. The van der Waals surface area contributed by atoms with Crippen LogP contribution in [0.15, 0.2) is 59.5 Å². The van der Waals surface area contributed by atoms with Crippen LogP contribution in [0.3, 0.4) is 0 Å². The molecule has 126 valence electrons. The van der Waals surface area contributed by atoms with Gasteiger partial charge < -0.3 is 4.74 Å². The zero-order valence-corrected chi connectivity index (χ0v) is 14.5. The van der Waals surface area contributed by atoms with Crippen LogP contribution in [0, 0.1) is 0 Å². The van der Waals surface area contributed by atoms with Gasteiger partial charge in [0.2, 0.25) is 0 Å². The number of epoxide rings is 1. The molecule has 24 heavy (non-hydrogen) atoms. The van der Waals surface area contributed by atoms with Crippen molar-refractivity contribution in [1.29, 1.82) is 0 Å². The van der Waals surface area contributed by atoms with Crippen molar-refractivity contribution in [1.82, 2.24) is 0 Å². The zero-order chi connectivity index (χ0) is 16.6. The Hall–Kier alpha value is -1.65. The normalized spacial score (nSPS) is 28.9. The summed E-state index contributed by atoms with van der Waals surface area (Å²) in [5.74, 6) is 0.222. The van der Waals surface area contributed by atoms with E-state index < -0.39 is 15.4 Å². The first-order valence-electron chi connectivity index (χ1n) is 8.70. The second-order valence-electron chi connectivity index (χ2n) is 6.73. The van der Waals surface area contributed by atoms with Crippen LogP contribution in [-0.4, -0.2) is 20.3 Å². The average Bonchev–Trinajstić information content (AvgIpc) is 3.33. The molecule has 0 amide bonds. The molecular formula is C20H22O3S. The Bertz CT molecular complexity index is 829. The Morgan fingerprint density at radius 1 is 0.875 bits per heavy atom. The van der Waals surface area contributed by atoms with Crippen molar-refractivity contribution in [3.63, 3.8) is 0 Å². The molecule has 0 aliphatic carbocycles. The van der Waals surface area contributed by atoms with Gasteiger partial charge in [-0.2, -0.15) is 0 Å². The van der Waals surface area contributed by atoms with Crippen LogP contribution < -0.4 is 0 Å². The molecule has 0 radical (unpaired) electrons.